The number of carbonyl (C=O) groups is 1. The van der Waals surface area contributed by atoms with Gasteiger partial charge >= 0.3 is 0 Å². The Morgan fingerprint density at radius 1 is 1.07 bits per heavy atom. The van der Waals surface area contributed by atoms with E-state index in [-0.39, 0.29) is 0 Å². The number of piperidine rings is 1. The number of ether oxygens (including phenoxy) is 1. The summed E-state index contributed by atoms with van der Waals surface area (Å²) in [6, 6.07) is 18.1. The van der Waals surface area contributed by atoms with Crippen LogP contribution in [-0.4, -0.2) is 36.3 Å². The maximum Gasteiger partial charge on any atom is 0.222 e. The van der Waals surface area contributed by atoms with Crippen molar-refractivity contribution < 1.29 is 9.53 Å². The summed E-state index contributed by atoms with van der Waals surface area (Å²) in [5.41, 5.74) is 1.21. The van der Waals surface area contributed by atoms with Crippen LogP contribution in [0.25, 0.3) is 0 Å². The minimum atomic E-state index is 0.292. The van der Waals surface area contributed by atoms with Crippen LogP contribution in [0.5, 0.6) is 0 Å². The third-order valence-electron chi connectivity index (χ3n) is 5.05. The summed E-state index contributed by atoms with van der Waals surface area (Å²) in [6.07, 6.45) is 3.63. The maximum atomic E-state index is 12.4. The quantitative estimate of drug-likeness (QED) is 0.389. The predicted molar refractivity (Wildman–Crippen MR) is 117 cm³/mol. The number of nitrogens with zero attached hydrogens (tertiary/aromatic N) is 1. The zero-order valence-electron chi connectivity index (χ0n) is 16.2. The van der Waals surface area contributed by atoms with Gasteiger partial charge in [-0.05, 0) is 60.8 Å². The molecule has 2 aromatic carbocycles. The second-order valence-corrected chi connectivity index (χ2v) is 8.84. The largest absolute Gasteiger partial charge is 0.376 e. The zero-order valence-corrected chi connectivity index (χ0v) is 17.8. The Kier molecular flexibility index (Phi) is 8.71. The molecule has 0 aliphatic carbocycles. The molecule has 0 N–H and O–H groups in total. The molecule has 0 aromatic heterocycles. The number of hydrogen-bond donors (Lipinski definition) is 0. The molecular weight excluding hydrogens is 390 g/mol. The first-order valence-electron chi connectivity index (χ1n) is 9.98. The van der Waals surface area contributed by atoms with Crippen molar-refractivity contribution in [2.45, 2.75) is 37.2 Å². The SMILES string of the molecule is O=C(CCCSc1ccc(Cl)cc1)N1CCC(COCc2ccccc2)CC1. The summed E-state index contributed by atoms with van der Waals surface area (Å²) in [4.78, 5) is 15.7. The fourth-order valence-electron chi connectivity index (χ4n) is 3.37. The lowest BCUT2D eigenvalue weighted by atomic mass is 9.97. The summed E-state index contributed by atoms with van der Waals surface area (Å²) in [5.74, 6) is 1.81. The summed E-state index contributed by atoms with van der Waals surface area (Å²) >= 11 is 7.68. The molecule has 0 bridgehead atoms. The van der Waals surface area contributed by atoms with E-state index in [9.17, 15) is 4.79 Å². The molecule has 1 fully saturated rings. The van der Waals surface area contributed by atoms with Crippen molar-refractivity contribution in [1.82, 2.24) is 4.90 Å². The van der Waals surface area contributed by atoms with Gasteiger partial charge in [0.25, 0.3) is 0 Å². The Labute approximate surface area is 177 Å². The molecule has 0 radical (unpaired) electrons. The van der Waals surface area contributed by atoms with Crippen molar-refractivity contribution in [3.8, 4) is 0 Å². The minimum Gasteiger partial charge on any atom is -0.376 e. The first kappa shape index (κ1) is 21.2. The Balaban J connectivity index is 1.26. The minimum absolute atomic E-state index is 0.292. The number of halogens is 1. The van der Waals surface area contributed by atoms with Gasteiger partial charge in [-0.1, -0.05) is 41.9 Å². The van der Waals surface area contributed by atoms with E-state index in [1.165, 1.54) is 10.5 Å². The highest BCUT2D eigenvalue weighted by molar-refractivity contribution is 7.99. The number of thioether (sulfide) groups is 1. The van der Waals surface area contributed by atoms with Crippen LogP contribution in [0, 0.1) is 5.92 Å². The number of likely N-dealkylation sites (tertiary alicyclic amines) is 1. The summed E-state index contributed by atoms with van der Waals surface area (Å²) in [7, 11) is 0. The lowest BCUT2D eigenvalue weighted by molar-refractivity contribution is -0.132. The van der Waals surface area contributed by atoms with Gasteiger partial charge in [0, 0.05) is 36.0 Å². The standard InChI is InChI=1S/C23H28ClNO2S/c24-21-8-10-22(11-9-21)28-16-4-7-23(26)25-14-12-20(13-15-25)18-27-17-19-5-2-1-3-6-19/h1-3,5-6,8-11,20H,4,7,12-18H2. The molecule has 1 saturated heterocycles. The lowest BCUT2D eigenvalue weighted by Gasteiger charge is -2.32. The van der Waals surface area contributed by atoms with Crippen LogP contribution in [0.15, 0.2) is 59.5 Å². The third-order valence-corrected chi connectivity index (χ3v) is 6.40. The smallest absolute Gasteiger partial charge is 0.222 e. The van der Waals surface area contributed by atoms with Crippen LogP contribution in [0.4, 0.5) is 0 Å². The van der Waals surface area contributed by atoms with Gasteiger partial charge in [-0.15, -0.1) is 11.8 Å². The van der Waals surface area contributed by atoms with E-state index in [2.05, 4.69) is 12.1 Å². The van der Waals surface area contributed by atoms with Crippen LogP contribution in [0.1, 0.15) is 31.2 Å². The fraction of sp³-hybridized carbons (Fsp3) is 0.435. The molecule has 0 spiro atoms. The normalized spacial score (nSPS) is 15.0. The van der Waals surface area contributed by atoms with Gasteiger partial charge in [0.15, 0.2) is 0 Å². The molecule has 0 unspecified atom stereocenters. The van der Waals surface area contributed by atoms with E-state index in [4.69, 9.17) is 16.3 Å². The van der Waals surface area contributed by atoms with Crippen molar-refractivity contribution in [3.63, 3.8) is 0 Å². The second kappa shape index (κ2) is 11.5. The van der Waals surface area contributed by atoms with Crippen LogP contribution in [-0.2, 0) is 16.1 Å². The molecule has 0 atom stereocenters. The van der Waals surface area contributed by atoms with E-state index in [1.54, 1.807) is 11.8 Å². The first-order valence-corrected chi connectivity index (χ1v) is 11.3. The van der Waals surface area contributed by atoms with Crippen molar-refractivity contribution in [1.29, 1.82) is 0 Å². The Hall–Kier alpha value is -1.49. The molecular formula is C23H28ClNO2S. The average Bonchev–Trinajstić information content (AvgIpc) is 2.73. The number of amides is 1. The van der Waals surface area contributed by atoms with E-state index in [0.717, 1.165) is 49.7 Å². The number of hydrogen-bond acceptors (Lipinski definition) is 3. The Bertz CT molecular complexity index is 715. The molecule has 1 heterocycles. The third kappa shape index (κ3) is 7.16. The van der Waals surface area contributed by atoms with Crippen LogP contribution in [0.2, 0.25) is 5.02 Å². The summed E-state index contributed by atoms with van der Waals surface area (Å²) in [5, 5.41) is 0.758. The van der Waals surface area contributed by atoms with Crippen molar-refractivity contribution in [3.05, 3.63) is 65.2 Å². The van der Waals surface area contributed by atoms with Crippen molar-refractivity contribution >= 4 is 29.3 Å². The number of benzene rings is 2. The monoisotopic (exact) mass is 417 g/mol. The average molecular weight is 418 g/mol. The highest BCUT2D eigenvalue weighted by atomic mass is 35.5. The van der Waals surface area contributed by atoms with Crippen molar-refractivity contribution in [2.75, 3.05) is 25.4 Å². The Morgan fingerprint density at radius 2 is 1.79 bits per heavy atom. The molecule has 1 aliphatic rings. The topological polar surface area (TPSA) is 29.5 Å². The van der Waals surface area contributed by atoms with E-state index >= 15 is 0 Å². The number of carbonyl (C=O) groups excluding carboxylic acids is 1. The molecule has 3 nitrogen and oxygen atoms in total. The molecule has 1 amide bonds. The van der Waals surface area contributed by atoms with Gasteiger partial charge in [-0.25, -0.2) is 0 Å². The fourth-order valence-corrected chi connectivity index (χ4v) is 4.35. The van der Waals surface area contributed by atoms with Gasteiger partial charge in [0.05, 0.1) is 6.61 Å². The van der Waals surface area contributed by atoms with Gasteiger partial charge in [0.1, 0.15) is 0 Å². The zero-order chi connectivity index (χ0) is 19.6. The predicted octanol–water partition coefficient (Wildman–Crippen LogP) is 5.67. The summed E-state index contributed by atoms with van der Waals surface area (Å²) in [6.45, 7) is 3.19. The Morgan fingerprint density at radius 3 is 2.50 bits per heavy atom. The van der Waals surface area contributed by atoms with E-state index in [1.807, 2.05) is 47.4 Å². The highest BCUT2D eigenvalue weighted by Crippen LogP contribution is 2.22. The molecule has 150 valence electrons. The molecule has 2 aromatic rings. The molecule has 5 heteroatoms. The van der Waals surface area contributed by atoms with Gasteiger partial charge < -0.3 is 9.64 Å². The second-order valence-electron chi connectivity index (χ2n) is 7.23. The van der Waals surface area contributed by atoms with E-state index in [0.29, 0.717) is 24.9 Å². The molecule has 0 saturated carbocycles. The van der Waals surface area contributed by atoms with Crippen LogP contribution >= 0.6 is 23.4 Å². The van der Waals surface area contributed by atoms with Gasteiger partial charge in [-0.3, -0.25) is 4.79 Å². The van der Waals surface area contributed by atoms with Crippen molar-refractivity contribution in [2.24, 2.45) is 5.92 Å². The summed E-state index contributed by atoms with van der Waals surface area (Å²) < 4.78 is 5.87. The van der Waals surface area contributed by atoms with Crippen LogP contribution < -0.4 is 0 Å². The van der Waals surface area contributed by atoms with Gasteiger partial charge in [-0.2, -0.15) is 0 Å². The first-order chi connectivity index (χ1) is 13.7. The molecule has 28 heavy (non-hydrogen) atoms. The van der Waals surface area contributed by atoms with Gasteiger partial charge in [0.2, 0.25) is 5.91 Å². The molecule has 1 aliphatic heterocycles. The van der Waals surface area contributed by atoms with Crippen LogP contribution in [0.3, 0.4) is 0 Å². The lowest BCUT2D eigenvalue weighted by Crippen LogP contribution is -2.39. The maximum absolute atomic E-state index is 12.4. The number of rotatable bonds is 9. The van der Waals surface area contributed by atoms with E-state index < -0.39 is 0 Å². The molecule has 3 rings (SSSR count). The highest BCUT2D eigenvalue weighted by Gasteiger charge is 2.22.